The molecule has 0 aliphatic carbocycles. The van der Waals surface area contributed by atoms with Crippen LogP contribution >= 0.6 is 12.4 Å². The Morgan fingerprint density at radius 3 is 1.91 bits per heavy atom. The molecule has 0 aliphatic heterocycles. The molecule has 0 fully saturated rings. The topological polar surface area (TPSA) is 21.3 Å². The van der Waals surface area contributed by atoms with Crippen molar-refractivity contribution in [1.82, 2.24) is 5.32 Å². The van der Waals surface area contributed by atoms with Gasteiger partial charge in [0.15, 0.2) is 0 Å². The largest absolute Gasteiger partial charge is 0.368 e. The highest BCUT2D eigenvalue weighted by Crippen LogP contribution is 2.39. The van der Waals surface area contributed by atoms with Crippen molar-refractivity contribution in [2.75, 3.05) is 20.2 Å². The molecule has 3 heteroatoms. The lowest BCUT2D eigenvalue weighted by Gasteiger charge is -2.39. The van der Waals surface area contributed by atoms with Gasteiger partial charge in [-0.25, -0.2) is 0 Å². The average Bonchev–Trinajstić information content (AvgIpc) is 2.58. The van der Waals surface area contributed by atoms with Crippen molar-refractivity contribution in [1.29, 1.82) is 0 Å². The molecular weight excluding hydrogens is 306 g/mol. The first kappa shape index (κ1) is 19.4. The number of halogens is 1. The third-order valence-electron chi connectivity index (χ3n) is 4.16. The summed E-state index contributed by atoms with van der Waals surface area (Å²) >= 11 is 0. The monoisotopic (exact) mass is 331 g/mol. The molecule has 1 atom stereocenters. The predicted octanol–water partition coefficient (Wildman–Crippen LogP) is 4.41. The Hall–Kier alpha value is -1.61. The highest BCUT2D eigenvalue weighted by Gasteiger charge is 2.39. The van der Waals surface area contributed by atoms with Crippen molar-refractivity contribution in [2.24, 2.45) is 5.92 Å². The van der Waals surface area contributed by atoms with Gasteiger partial charge in [-0.2, -0.15) is 0 Å². The van der Waals surface area contributed by atoms with Gasteiger partial charge in [0.1, 0.15) is 5.60 Å². The number of methoxy groups -OCH3 is 1. The molecule has 1 N–H and O–H groups in total. The Morgan fingerprint density at radius 1 is 1.04 bits per heavy atom. The zero-order valence-corrected chi connectivity index (χ0v) is 14.7. The van der Waals surface area contributed by atoms with Crippen LogP contribution in [0.1, 0.15) is 18.1 Å². The molecule has 0 amide bonds. The van der Waals surface area contributed by atoms with Crippen molar-refractivity contribution < 1.29 is 4.74 Å². The Bertz CT molecular complexity index is 531. The van der Waals surface area contributed by atoms with E-state index in [9.17, 15) is 0 Å². The van der Waals surface area contributed by atoms with Gasteiger partial charge in [-0.15, -0.1) is 19.0 Å². The summed E-state index contributed by atoms with van der Waals surface area (Å²) in [7, 11) is 1.80. The molecule has 2 rings (SSSR count). The second-order valence-corrected chi connectivity index (χ2v) is 5.52. The maximum Gasteiger partial charge on any atom is 0.121 e. The van der Waals surface area contributed by atoms with Crippen molar-refractivity contribution >= 4 is 12.4 Å². The molecule has 0 saturated carbocycles. The molecule has 0 aromatic heterocycles. The molecule has 0 bridgehead atoms. The maximum absolute atomic E-state index is 6.14. The average molecular weight is 332 g/mol. The van der Waals surface area contributed by atoms with Crippen LogP contribution in [0.2, 0.25) is 0 Å². The first-order chi connectivity index (χ1) is 10.8. The molecule has 0 aliphatic rings. The first-order valence-corrected chi connectivity index (χ1v) is 7.73. The van der Waals surface area contributed by atoms with Gasteiger partial charge in [-0.3, -0.25) is 0 Å². The summed E-state index contributed by atoms with van der Waals surface area (Å²) in [6.07, 6.45) is 1.88. The second-order valence-electron chi connectivity index (χ2n) is 5.52. The highest BCUT2D eigenvalue weighted by atomic mass is 35.5. The quantitative estimate of drug-likeness (QED) is 0.571. The smallest absolute Gasteiger partial charge is 0.121 e. The van der Waals surface area contributed by atoms with Gasteiger partial charge < -0.3 is 10.1 Å². The van der Waals surface area contributed by atoms with Gasteiger partial charge in [0.25, 0.3) is 0 Å². The van der Waals surface area contributed by atoms with E-state index in [0.29, 0.717) is 0 Å². The summed E-state index contributed by atoms with van der Waals surface area (Å²) in [4.78, 5) is 0. The molecule has 0 saturated heterocycles. The van der Waals surface area contributed by atoms with Crippen LogP contribution < -0.4 is 5.32 Å². The van der Waals surface area contributed by atoms with E-state index in [1.54, 1.807) is 7.11 Å². The van der Waals surface area contributed by atoms with E-state index in [1.165, 1.54) is 11.1 Å². The number of hydrogen-bond acceptors (Lipinski definition) is 2. The maximum atomic E-state index is 6.14. The van der Waals surface area contributed by atoms with Crippen LogP contribution in [0.15, 0.2) is 73.3 Å². The van der Waals surface area contributed by atoms with E-state index in [4.69, 9.17) is 4.74 Å². The summed E-state index contributed by atoms with van der Waals surface area (Å²) in [5.41, 5.74) is 1.89. The van der Waals surface area contributed by atoms with Gasteiger partial charge in [0.05, 0.1) is 0 Å². The molecule has 2 aromatic carbocycles. The van der Waals surface area contributed by atoms with Gasteiger partial charge >= 0.3 is 0 Å². The zero-order chi connectivity index (χ0) is 15.8. The molecule has 2 aromatic rings. The summed E-state index contributed by atoms with van der Waals surface area (Å²) < 4.78 is 6.14. The Labute approximate surface area is 146 Å². The van der Waals surface area contributed by atoms with Gasteiger partial charge in [-0.1, -0.05) is 73.7 Å². The van der Waals surface area contributed by atoms with E-state index in [1.807, 2.05) is 18.2 Å². The third kappa shape index (κ3) is 4.23. The number of rotatable bonds is 8. The van der Waals surface area contributed by atoms with Crippen molar-refractivity contribution in [2.45, 2.75) is 12.5 Å². The van der Waals surface area contributed by atoms with Crippen LogP contribution in [-0.4, -0.2) is 20.2 Å². The van der Waals surface area contributed by atoms with Crippen LogP contribution in [0.3, 0.4) is 0 Å². The number of hydrogen-bond donors (Lipinski definition) is 1. The fraction of sp³-hybridized carbons (Fsp3) is 0.300. The van der Waals surface area contributed by atoms with E-state index >= 15 is 0 Å². The van der Waals surface area contributed by atoms with Gasteiger partial charge in [0.2, 0.25) is 0 Å². The van der Waals surface area contributed by atoms with E-state index in [-0.39, 0.29) is 18.3 Å². The summed E-state index contributed by atoms with van der Waals surface area (Å²) in [6.45, 7) is 7.63. The number of nitrogens with one attached hydrogen (secondary N) is 1. The third-order valence-corrected chi connectivity index (χ3v) is 4.16. The van der Waals surface area contributed by atoms with Crippen LogP contribution in [0.25, 0.3) is 0 Å². The van der Waals surface area contributed by atoms with Crippen LogP contribution in [0.4, 0.5) is 0 Å². The van der Waals surface area contributed by atoms with Crippen molar-refractivity contribution in [3.8, 4) is 0 Å². The van der Waals surface area contributed by atoms with Crippen molar-refractivity contribution in [3.63, 3.8) is 0 Å². The number of benzene rings is 2. The summed E-state index contributed by atoms with van der Waals surface area (Å²) in [6, 6.07) is 20.9. The molecule has 0 heterocycles. The molecular formula is C20H26ClNO. The van der Waals surface area contributed by atoms with Gasteiger partial charge in [0, 0.05) is 26.1 Å². The molecule has 23 heavy (non-hydrogen) atoms. The fourth-order valence-electron chi connectivity index (χ4n) is 3.09. The minimum absolute atomic E-state index is 0. The second kappa shape index (κ2) is 9.51. The highest BCUT2D eigenvalue weighted by molar-refractivity contribution is 5.85. The standard InChI is InChI=1S/C20H25NO.ClH/c1-4-15-21-16-17(2)20(22-3,18-11-7-5-8-12-18)19-13-9-6-10-14-19;/h4-14,17,21H,1,15-16H2,2-3H3;1H. The van der Waals surface area contributed by atoms with E-state index < -0.39 is 5.60 Å². The fourth-order valence-corrected chi connectivity index (χ4v) is 3.09. The predicted molar refractivity (Wildman–Crippen MR) is 100 cm³/mol. The van der Waals surface area contributed by atoms with Crippen LogP contribution in [0, 0.1) is 5.92 Å². The number of ether oxygens (including phenoxy) is 1. The molecule has 0 radical (unpaired) electrons. The molecule has 0 spiro atoms. The van der Waals surface area contributed by atoms with Crippen LogP contribution in [0.5, 0.6) is 0 Å². The molecule has 1 unspecified atom stereocenters. The summed E-state index contributed by atoms with van der Waals surface area (Å²) in [5.74, 6) is 0.266. The Balaban J connectivity index is 0.00000264. The minimum Gasteiger partial charge on any atom is -0.368 e. The SMILES string of the molecule is C=CCNCC(C)C(OC)(c1ccccc1)c1ccccc1.Cl. The van der Waals surface area contributed by atoms with E-state index in [2.05, 4.69) is 67.4 Å². The van der Waals surface area contributed by atoms with Crippen LogP contribution in [-0.2, 0) is 10.3 Å². The normalized spacial score (nSPS) is 12.3. The van der Waals surface area contributed by atoms with Crippen molar-refractivity contribution in [3.05, 3.63) is 84.4 Å². The lowest BCUT2D eigenvalue weighted by molar-refractivity contribution is -0.0228. The lowest BCUT2D eigenvalue weighted by Crippen LogP contribution is -2.42. The molecule has 124 valence electrons. The zero-order valence-electron chi connectivity index (χ0n) is 13.9. The molecule has 2 nitrogen and oxygen atoms in total. The lowest BCUT2D eigenvalue weighted by atomic mass is 9.76. The first-order valence-electron chi connectivity index (χ1n) is 7.73. The Morgan fingerprint density at radius 2 is 1.52 bits per heavy atom. The minimum atomic E-state index is -0.462. The summed E-state index contributed by atoms with van der Waals surface area (Å²) in [5, 5.41) is 3.42. The Kier molecular flexibility index (Phi) is 8.04. The van der Waals surface area contributed by atoms with Gasteiger partial charge in [-0.05, 0) is 11.1 Å². The van der Waals surface area contributed by atoms with E-state index in [0.717, 1.165) is 13.1 Å².